The van der Waals surface area contributed by atoms with Gasteiger partial charge in [0.25, 0.3) is 0 Å². The first-order chi connectivity index (χ1) is 13.6. The van der Waals surface area contributed by atoms with Crippen molar-refractivity contribution in [2.75, 3.05) is 13.6 Å². The van der Waals surface area contributed by atoms with Gasteiger partial charge in [-0.2, -0.15) is 0 Å². The van der Waals surface area contributed by atoms with Crippen LogP contribution in [0.25, 0.3) is 5.65 Å². The molecule has 0 saturated carbocycles. The molecule has 1 fully saturated rings. The molecule has 0 N–H and O–H groups in total. The van der Waals surface area contributed by atoms with E-state index in [0.29, 0.717) is 5.92 Å². The van der Waals surface area contributed by atoms with Crippen LogP contribution in [0.3, 0.4) is 0 Å². The number of pyridine rings is 1. The number of rotatable bonds is 3. The highest BCUT2D eigenvalue weighted by molar-refractivity contribution is 5.43. The summed E-state index contributed by atoms with van der Waals surface area (Å²) in [6.45, 7) is 5.67. The molecule has 1 saturated heterocycles. The van der Waals surface area contributed by atoms with E-state index in [0.717, 1.165) is 43.0 Å². The topological polar surface area (TPSA) is 42.7 Å². The Hall–Kier alpha value is -2.40. The van der Waals surface area contributed by atoms with E-state index in [1.807, 2.05) is 12.1 Å². The lowest BCUT2D eigenvalue weighted by Gasteiger charge is -2.31. The Labute approximate surface area is 166 Å². The number of benzene rings is 1. The van der Waals surface area contributed by atoms with Crippen molar-refractivity contribution in [1.82, 2.24) is 19.5 Å². The zero-order valence-electron chi connectivity index (χ0n) is 16.9. The maximum atomic E-state index is 6.50. The largest absolute Gasteiger partial charge is 0.484 e. The standard InChI is InChI=1S/C23H28N4O/c1-16-9-11-20(19-8-5-4-7-18(16)19)28-17-10-12-21-24-25-22(27(21)15-17)23(2)13-6-14-26(23)3/h4-5,7-8,10,12,15-16,20H,6,9,11,13-14H2,1-3H3/t16-,20?,23-/m0/s1. The van der Waals surface area contributed by atoms with Gasteiger partial charge in [-0.3, -0.25) is 9.30 Å². The SMILES string of the molecule is C[C@H]1CCC(Oc2ccc3nnc([C@]4(C)CCCN4C)n3c2)c2ccccc21. The van der Waals surface area contributed by atoms with Gasteiger partial charge in [0, 0.05) is 0 Å². The molecule has 5 rings (SSSR count). The summed E-state index contributed by atoms with van der Waals surface area (Å²) in [4.78, 5) is 2.38. The molecule has 2 aromatic heterocycles. The van der Waals surface area contributed by atoms with Crippen molar-refractivity contribution >= 4 is 5.65 Å². The predicted octanol–water partition coefficient (Wildman–Crippen LogP) is 4.69. The molecular formula is C23H28N4O. The van der Waals surface area contributed by atoms with E-state index in [-0.39, 0.29) is 11.6 Å². The zero-order valence-corrected chi connectivity index (χ0v) is 16.9. The zero-order chi connectivity index (χ0) is 19.3. The van der Waals surface area contributed by atoms with Crippen molar-refractivity contribution in [3.8, 4) is 5.75 Å². The Morgan fingerprint density at radius 2 is 1.89 bits per heavy atom. The van der Waals surface area contributed by atoms with Gasteiger partial charge >= 0.3 is 0 Å². The van der Waals surface area contributed by atoms with Gasteiger partial charge in [0.1, 0.15) is 11.9 Å². The van der Waals surface area contributed by atoms with Crippen molar-refractivity contribution in [3.63, 3.8) is 0 Å². The number of likely N-dealkylation sites (tertiary alicyclic amines) is 1. The van der Waals surface area contributed by atoms with Crippen LogP contribution in [0.4, 0.5) is 0 Å². The smallest absolute Gasteiger partial charge is 0.161 e. The number of aromatic nitrogens is 3. The highest BCUT2D eigenvalue weighted by atomic mass is 16.5. The minimum absolute atomic E-state index is 0.0785. The normalized spacial score (nSPS) is 27.8. The molecule has 0 bridgehead atoms. The maximum absolute atomic E-state index is 6.50. The lowest BCUT2D eigenvalue weighted by molar-refractivity contribution is 0.174. The highest BCUT2D eigenvalue weighted by Gasteiger charge is 2.39. The summed E-state index contributed by atoms with van der Waals surface area (Å²) in [6.07, 6.45) is 6.67. The molecule has 5 nitrogen and oxygen atoms in total. The van der Waals surface area contributed by atoms with E-state index in [4.69, 9.17) is 4.74 Å². The monoisotopic (exact) mass is 376 g/mol. The third-order valence-corrected chi connectivity index (χ3v) is 6.87. The summed E-state index contributed by atoms with van der Waals surface area (Å²) >= 11 is 0. The molecule has 1 aromatic carbocycles. The van der Waals surface area contributed by atoms with Crippen LogP contribution in [0.2, 0.25) is 0 Å². The summed E-state index contributed by atoms with van der Waals surface area (Å²) in [5.41, 5.74) is 3.55. The molecule has 0 radical (unpaired) electrons. The van der Waals surface area contributed by atoms with Gasteiger partial charge in [0.15, 0.2) is 11.5 Å². The molecule has 5 heteroatoms. The Kier molecular flexibility index (Phi) is 4.16. The summed E-state index contributed by atoms with van der Waals surface area (Å²) in [5, 5.41) is 8.96. The lowest BCUT2D eigenvalue weighted by atomic mass is 9.82. The van der Waals surface area contributed by atoms with Gasteiger partial charge in [-0.1, -0.05) is 31.2 Å². The Bertz CT molecular complexity index is 1010. The van der Waals surface area contributed by atoms with E-state index in [9.17, 15) is 0 Å². The maximum Gasteiger partial charge on any atom is 0.161 e. The quantitative estimate of drug-likeness (QED) is 0.665. The van der Waals surface area contributed by atoms with Crippen molar-refractivity contribution < 1.29 is 4.74 Å². The molecule has 0 amide bonds. The summed E-state index contributed by atoms with van der Waals surface area (Å²) in [6, 6.07) is 12.7. The second-order valence-corrected chi connectivity index (χ2v) is 8.63. The number of nitrogens with zero attached hydrogens (tertiary/aromatic N) is 4. The number of ether oxygens (including phenoxy) is 1. The molecule has 1 aliphatic heterocycles. The third-order valence-electron chi connectivity index (χ3n) is 6.87. The lowest BCUT2D eigenvalue weighted by Crippen LogP contribution is -2.37. The van der Waals surface area contributed by atoms with Crippen molar-refractivity contribution in [1.29, 1.82) is 0 Å². The average Bonchev–Trinajstić information content (AvgIpc) is 3.28. The average molecular weight is 377 g/mol. The fourth-order valence-corrected chi connectivity index (χ4v) is 4.94. The molecule has 3 aromatic rings. The van der Waals surface area contributed by atoms with E-state index in [1.165, 1.54) is 17.5 Å². The third kappa shape index (κ3) is 2.72. The first-order valence-corrected chi connectivity index (χ1v) is 10.4. The van der Waals surface area contributed by atoms with Crippen molar-refractivity contribution in [2.45, 2.75) is 57.1 Å². The van der Waals surface area contributed by atoms with Crippen LogP contribution in [0, 0.1) is 0 Å². The number of hydrogen-bond acceptors (Lipinski definition) is 4. The Balaban J connectivity index is 1.50. The molecule has 28 heavy (non-hydrogen) atoms. The molecule has 1 unspecified atom stereocenters. The second-order valence-electron chi connectivity index (χ2n) is 8.63. The molecule has 3 heterocycles. The van der Waals surface area contributed by atoms with Gasteiger partial charge in [-0.15, -0.1) is 10.2 Å². The van der Waals surface area contributed by atoms with E-state index in [2.05, 4.69) is 70.9 Å². The van der Waals surface area contributed by atoms with Crippen LogP contribution in [0.15, 0.2) is 42.6 Å². The first kappa shape index (κ1) is 17.7. The van der Waals surface area contributed by atoms with Gasteiger partial charge in [-0.05, 0) is 75.4 Å². The van der Waals surface area contributed by atoms with Gasteiger partial charge in [0.05, 0.1) is 11.7 Å². The molecule has 146 valence electrons. The number of hydrogen-bond donors (Lipinski definition) is 0. The molecule has 2 aliphatic rings. The molecule has 0 spiro atoms. The van der Waals surface area contributed by atoms with Gasteiger partial charge in [-0.25, -0.2) is 0 Å². The second kappa shape index (κ2) is 6.59. The molecular weight excluding hydrogens is 348 g/mol. The van der Waals surface area contributed by atoms with Crippen molar-refractivity contribution in [2.24, 2.45) is 0 Å². The van der Waals surface area contributed by atoms with Crippen LogP contribution in [-0.4, -0.2) is 33.1 Å². The summed E-state index contributed by atoms with van der Waals surface area (Å²) < 4.78 is 8.61. The highest BCUT2D eigenvalue weighted by Crippen LogP contribution is 2.40. The summed E-state index contributed by atoms with van der Waals surface area (Å²) in [7, 11) is 2.18. The van der Waals surface area contributed by atoms with E-state index >= 15 is 0 Å². The minimum atomic E-state index is -0.0785. The van der Waals surface area contributed by atoms with Gasteiger partial charge < -0.3 is 4.74 Å². The Morgan fingerprint density at radius 1 is 1.07 bits per heavy atom. The van der Waals surface area contributed by atoms with Gasteiger partial charge in [0.2, 0.25) is 0 Å². The Morgan fingerprint density at radius 3 is 2.68 bits per heavy atom. The van der Waals surface area contributed by atoms with E-state index in [1.54, 1.807) is 0 Å². The van der Waals surface area contributed by atoms with Crippen molar-refractivity contribution in [3.05, 3.63) is 59.5 Å². The predicted molar refractivity (Wildman–Crippen MR) is 110 cm³/mol. The minimum Gasteiger partial charge on any atom is -0.484 e. The van der Waals surface area contributed by atoms with E-state index < -0.39 is 0 Å². The molecule has 3 atom stereocenters. The number of fused-ring (bicyclic) bond motifs is 2. The fourth-order valence-electron chi connectivity index (χ4n) is 4.94. The first-order valence-electron chi connectivity index (χ1n) is 10.4. The summed E-state index contributed by atoms with van der Waals surface area (Å²) in [5.74, 6) is 2.48. The fraction of sp³-hybridized carbons (Fsp3) is 0.478. The van der Waals surface area contributed by atoms with Crippen LogP contribution in [0.1, 0.15) is 68.5 Å². The van der Waals surface area contributed by atoms with Crippen LogP contribution in [-0.2, 0) is 5.54 Å². The molecule has 1 aliphatic carbocycles. The van der Waals surface area contributed by atoms with Crippen LogP contribution < -0.4 is 4.74 Å². The van der Waals surface area contributed by atoms with Crippen LogP contribution in [0.5, 0.6) is 5.75 Å². The van der Waals surface area contributed by atoms with Crippen LogP contribution >= 0.6 is 0 Å².